The van der Waals surface area contributed by atoms with Crippen LogP contribution in [-0.4, -0.2) is 11.4 Å². The van der Waals surface area contributed by atoms with Gasteiger partial charge in [0.2, 0.25) is 0 Å². The van der Waals surface area contributed by atoms with E-state index in [1.165, 1.54) is 11.5 Å². The number of nitrogens with two attached hydrogens (primary N) is 1. The van der Waals surface area contributed by atoms with E-state index in [1.54, 1.807) is 0 Å². The first-order valence-electron chi connectivity index (χ1n) is 5.23. The third-order valence-corrected chi connectivity index (χ3v) is 4.27. The van der Waals surface area contributed by atoms with Gasteiger partial charge in [0, 0.05) is 18.1 Å². The number of nitriles is 1. The van der Waals surface area contributed by atoms with Crippen molar-refractivity contribution < 1.29 is 0 Å². The van der Waals surface area contributed by atoms with Crippen LogP contribution in [0.15, 0.2) is 28.7 Å². The molecule has 4 nitrogen and oxygen atoms in total. The van der Waals surface area contributed by atoms with Gasteiger partial charge in [-0.3, -0.25) is 0 Å². The summed E-state index contributed by atoms with van der Waals surface area (Å²) in [6.45, 7) is 0.692. The van der Waals surface area contributed by atoms with Gasteiger partial charge >= 0.3 is 0 Å². The number of aromatic nitrogens is 1. The summed E-state index contributed by atoms with van der Waals surface area (Å²) in [4.78, 5) is 1.98. The quantitative estimate of drug-likeness (QED) is 0.943. The standard InChI is InChI=1S/C12H11BrN4S/c1-17(7-8-4-2-3-5-10(8)13)12-9(6-14)11(15)16-18-12/h2-5H,7H2,1H3,(H2,15,16). The first-order valence-corrected chi connectivity index (χ1v) is 6.80. The fourth-order valence-electron chi connectivity index (χ4n) is 1.61. The van der Waals surface area contributed by atoms with Gasteiger partial charge in [-0.05, 0) is 23.2 Å². The summed E-state index contributed by atoms with van der Waals surface area (Å²) in [6, 6.07) is 10.1. The third kappa shape index (κ3) is 2.47. The number of hydrogen-bond donors (Lipinski definition) is 1. The van der Waals surface area contributed by atoms with Crippen molar-refractivity contribution in [3.8, 4) is 6.07 Å². The molecule has 1 aromatic heterocycles. The molecule has 1 heterocycles. The molecular formula is C12H11BrN4S. The van der Waals surface area contributed by atoms with Crippen LogP contribution in [-0.2, 0) is 6.54 Å². The molecule has 0 aliphatic heterocycles. The van der Waals surface area contributed by atoms with Gasteiger partial charge in [-0.15, -0.1) is 0 Å². The lowest BCUT2D eigenvalue weighted by Crippen LogP contribution is -2.16. The van der Waals surface area contributed by atoms with Crippen molar-refractivity contribution in [2.45, 2.75) is 6.54 Å². The molecule has 0 aliphatic rings. The number of benzene rings is 1. The zero-order valence-corrected chi connectivity index (χ0v) is 12.1. The average molecular weight is 323 g/mol. The molecule has 18 heavy (non-hydrogen) atoms. The average Bonchev–Trinajstić information content (AvgIpc) is 2.73. The number of rotatable bonds is 3. The Bertz CT molecular complexity index is 602. The predicted octanol–water partition coefficient (Wildman–Crippen LogP) is 3.00. The van der Waals surface area contributed by atoms with Gasteiger partial charge in [0.25, 0.3) is 0 Å². The summed E-state index contributed by atoms with van der Waals surface area (Å²) >= 11 is 4.76. The molecule has 0 fully saturated rings. The van der Waals surface area contributed by atoms with Crippen LogP contribution >= 0.6 is 27.5 Å². The van der Waals surface area contributed by atoms with Crippen molar-refractivity contribution in [1.29, 1.82) is 5.26 Å². The van der Waals surface area contributed by atoms with Crippen LogP contribution < -0.4 is 10.6 Å². The minimum Gasteiger partial charge on any atom is -0.382 e. The second kappa shape index (κ2) is 5.38. The molecule has 0 radical (unpaired) electrons. The second-order valence-electron chi connectivity index (χ2n) is 3.81. The number of nitrogens with zero attached hydrogens (tertiary/aromatic N) is 3. The number of nitrogen functional groups attached to an aromatic ring is 1. The van der Waals surface area contributed by atoms with E-state index in [-0.39, 0.29) is 0 Å². The lowest BCUT2D eigenvalue weighted by molar-refractivity contribution is 0.928. The van der Waals surface area contributed by atoms with Crippen molar-refractivity contribution in [2.24, 2.45) is 0 Å². The van der Waals surface area contributed by atoms with Crippen molar-refractivity contribution in [1.82, 2.24) is 4.37 Å². The second-order valence-corrected chi connectivity index (χ2v) is 5.41. The molecule has 1 aromatic carbocycles. The SMILES string of the molecule is CN(Cc1ccccc1Br)c1snc(N)c1C#N. The largest absolute Gasteiger partial charge is 0.382 e. The summed E-state index contributed by atoms with van der Waals surface area (Å²) in [7, 11) is 1.92. The van der Waals surface area contributed by atoms with Gasteiger partial charge in [0.15, 0.2) is 5.82 Å². The summed E-state index contributed by atoms with van der Waals surface area (Å²) in [6.07, 6.45) is 0. The maximum Gasteiger partial charge on any atom is 0.157 e. The van der Waals surface area contributed by atoms with Gasteiger partial charge in [-0.25, -0.2) is 0 Å². The van der Waals surface area contributed by atoms with E-state index in [2.05, 4.69) is 26.4 Å². The van der Waals surface area contributed by atoms with Crippen LogP contribution in [0.4, 0.5) is 10.8 Å². The van der Waals surface area contributed by atoms with Gasteiger partial charge in [0.05, 0.1) is 0 Å². The van der Waals surface area contributed by atoms with Gasteiger partial charge < -0.3 is 10.6 Å². The molecule has 0 bridgehead atoms. The molecule has 0 unspecified atom stereocenters. The van der Waals surface area contributed by atoms with Gasteiger partial charge in [0.1, 0.15) is 16.6 Å². The smallest absolute Gasteiger partial charge is 0.157 e. The Balaban J connectivity index is 2.25. The van der Waals surface area contributed by atoms with E-state index in [1.807, 2.05) is 36.2 Å². The molecular weight excluding hydrogens is 312 g/mol. The zero-order chi connectivity index (χ0) is 13.1. The lowest BCUT2D eigenvalue weighted by atomic mass is 10.2. The first-order chi connectivity index (χ1) is 8.63. The van der Waals surface area contributed by atoms with E-state index in [0.29, 0.717) is 17.9 Å². The van der Waals surface area contributed by atoms with Gasteiger partial charge in [-0.2, -0.15) is 9.64 Å². The van der Waals surface area contributed by atoms with E-state index in [0.717, 1.165) is 15.0 Å². The normalized spacial score (nSPS) is 10.1. The highest BCUT2D eigenvalue weighted by Crippen LogP contribution is 2.30. The molecule has 0 amide bonds. The van der Waals surface area contributed by atoms with Gasteiger partial charge in [-0.1, -0.05) is 34.1 Å². The third-order valence-electron chi connectivity index (χ3n) is 2.52. The molecule has 0 aliphatic carbocycles. The fraction of sp³-hybridized carbons (Fsp3) is 0.167. The Labute approximate surface area is 118 Å². The van der Waals surface area contributed by atoms with Crippen molar-refractivity contribution in [3.05, 3.63) is 39.9 Å². The van der Waals surface area contributed by atoms with Crippen LogP contribution in [0.3, 0.4) is 0 Å². The van der Waals surface area contributed by atoms with Crippen LogP contribution in [0.1, 0.15) is 11.1 Å². The highest BCUT2D eigenvalue weighted by atomic mass is 79.9. The van der Waals surface area contributed by atoms with E-state index >= 15 is 0 Å². The molecule has 6 heteroatoms. The van der Waals surface area contributed by atoms with E-state index in [9.17, 15) is 0 Å². The van der Waals surface area contributed by atoms with Crippen molar-refractivity contribution in [3.63, 3.8) is 0 Å². The number of halogens is 1. The molecule has 2 rings (SSSR count). The van der Waals surface area contributed by atoms with Crippen LogP contribution in [0.2, 0.25) is 0 Å². The Morgan fingerprint density at radius 2 is 2.22 bits per heavy atom. The van der Waals surface area contributed by atoms with Crippen LogP contribution in [0.25, 0.3) is 0 Å². The Hall–Kier alpha value is -1.58. The first kappa shape index (κ1) is 12.9. The molecule has 2 N–H and O–H groups in total. The number of anilines is 2. The molecule has 2 aromatic rings. The summed E-state index contributed by atoms with van der Waals surface area (Å²) in [5, 5.41) is 9.86. The van der Waals surface area contributed by atoms with Crippen molar-refractivity contribution in [2.75, 3.05) is 17.7 Å². The Kier molecular flexibility index (Phi) is 3.84. The monoisotopic (exact) mass is 322 g/mol. The molecule has 0 saturated heterocycles. The van der Waals surface area contributed by atoms with E-state index < -0.39 is 0 Å². The summed E-state index contributed by atoms with van der Waals surface area (Å²) in [5.74, 6) is 0.302. The fourth-order valence-corrected chi connectivity index (χ4v) is 2.74. The Morgan fingerprint density at radius 1 is 1.50 bits per heavy atom. The van der Waals surface area contributed by atoms with E-state index in [4.69, 9.17) is 11.0 Å². The minimum atomic E-state index is 0.302. The molecule has 0 atom stereocenters. The number of hydrogen-bond acceptors (Lipinski definition) is 5. The molecule has 92 valence electrons. The highest BCUT2D eigenvalue weighted by molar-refractivity contribution is 9.10. The lowest BCUT2D eigenvalue weighted by Gasteiger charge is -2.17. The topological polar surface area (TPSA) is 65.9 Å². The minimum absolute atomic E-state index is 0.302. The maximum absolute atomic E-state index is 9.06. The van der Waals surface area contributed by atoms with Crippen LogP contribution in [0, 0.1) is 11.3 Å². The molecule has 0 spiro atoms. The Morgan fingerprint density at radius 3 is 2.89 bits per heavy atom. The predicted molar refractivity (Wildman–Crippen MR) is 77.5 cm³/mol. The summed E-state index contributed by atoms with van der Waals surface area (Å²) in [5.41, 5.74) is 7.26. The molecule has 0 saturated carbocycles. The summed E-state index contributed by atoms with van der Waals surface area (Å²) < 4.78 is 5.07. The zero-order valence-electron chi connectivity index (χ0n) is 9.72. The maximum atomic E-state index is 9.06. The highest BCUT2D eigenvalue weighted by Gasteiger charge is 2.15. The van der Waals surface area contributed by atoms with Crippen LogP contribution in [0.5, 0.6) is 0 Å². The van der Waals surface area contributed by atoms with Crippen molar-refractivity contribution >= 4 is 38.3 Å².